The minimum atomic E-state index is -0.0333. The largest absolute Gasteiger partial charge is 0.506 e. The number of para-hydroxylation sites is 2. The van der Waals surface area contributed by atoms with Crippen LogP contribution in [0.1, 0.15) is 5.69 Å². The fourth-order valence-electron chi connectivity index (χ4n) is 2.99. The molecule has 1 aromatic heterocycles. The molecule has 1 aliphatic heterocycles. The van der Waals surface area contributed by atoms with Crippen molar-refractivity contribution in [2.24, 2.45) is 7.05 Å². The molecule has 0 saturated carbocycles. The molecule has 0 unspecified atom stereocenters. The molecule has 24 heavy (non-hydrogen) atoms. The number of phenolic OH excluding ortho intramolecular Hbond substituents is 1. The zero-order valence-corrected chi connectivity index (χ0v) is 14.1. The second-order valence-corrected chi connectivity index (χ2v) is 6.09. The molecule has 0 spiro atoms. The van der Waals surface area contributed by atoms with Crippen LogP contribution in [0.5, 0.6) is 5.75 Å². The molecular weight excluding hydrogens is 306 g/mol. The monoisotopic (exact) mass is 329 g/mol. The average molecular weight is 329 g/mol. The summed E-state index contributed by atoms with van der Waals surface area (Å²) in [6, 6.07) is 9.21. The second kappa shape index (κ2) is 6.92. The van der Waals surface area contributed by atoms with Crippen molar-refractivity contribution in [1.82, 2.24) is 14.7 Å². The summed E-state index contributed by atoms with van der Waals surface area (Å²) in [6.07, 6.45) is 0. The van der Waals surface area contributed by atoms with Gasteiger partial charge in [0, 0.05) is 39.3 Å². The number of piperazine rings is 1. The Morgan fingerprint density at radius 1 is 1.25 bits per heavy atom. The smallest absolute Gasteiger partial charge is 0.239 e. The van der Waals surface area contributed by atoms with Crippen LogP contribution in [0.15, 0.2) is 30.3 Å². The third kappa shape index (κ3) is 3.68. The first-order valence-electron chi connectivity index (χ1n) is 8.09. The SMILES string of the molecule is Cc1cc(NC(=O)CN2CCN(c3ccccc3O)CC2)n(C)n1. The topological polar surface area (TPSA) is 73.6 Å². The lowest BCUT2D eigenvalue weighted by Crippen LogP contribution is -2.48. The molecule has 0 atom stereocenters. The minimum Gasteiger partial charge on any atom is -0.506 e. The molecular formula is C17H23N5O2. The number of phenols is 1. The van der Waals surface area contributed by atoms with Crippen molar-refractivity contribution in [3.05, 3.63) is 36.0 Å². The maximum absolute atomic E-state index is 12.2. The van der Waals surface area contributed by atoms with Crippen LogP contribution in [-0.4, -0.2) is 58.4 Å². The molecule has 7 nitrogen and oxygen atoms in total. The van der Waals surface area contributed by atoms with Gasteiger partial charge >= 0.3 is 0 Å². The fraction of sp³-hybridized carbons (Fsp3) is 0.412. The molecule has 3 rings (SSSR count). The summed E-state index contributed by atoms with van der Waals surface area (Å²) in [6.45, 7) is 5.40. The van der Waals surface area contributed by atoms with Gasteiger partial charge in [-0.25, -0.2) is 0 Å². The van der Waals surface area contributed by atoms with E-state index >= 15 is 0 Å². The number of aromatic nitrogens is 2. The number of carbonyl (C=O) groups is 1. The molecule has 1 amide bonds. The summed E-state index contributed by atoms with van der Waals surface area (Å²) >= 11 is 0. The molecule has 1 saturated heterocycles. The van der Waals surface area contributed by atoms with Crippen LogP contribution < -0.4 is 10.2 Å². The Morgan fingerprint density at radius 2 is 1.96 bits per heavy atom. The lowest BCUT2D eigenvalue weighted by Gasteiger charge is -2.35. The Kier molecular flexibility index (Phi) is 4.71. The third-order valence-electron chi connectivity index (χ3n) is 4.23. The maximum Gasteiger partial charge on any atom is 0.239 e. The van der Waals surface area contributed by atoms with Crippen molar-refractivity contribution >= 4 is 17.4 Å². The molecule has 0 radical (unpaired) electrons. The van der Waals surface area contributed by atoms with Gasteiger partial charge in [0.1, 0.15) is 11.6 Å². The van der Waals surface area contributed by atoms with Crippen molar-refractivity contribution in [3.8, 4) is 5.75 Å². The number of amides is 1. The highest BCUT2D eigenvalue weighted by Gasteiger charge is 2.21. The number of hydrogen-bond acceptors (Lipinski definition) is 5. The number of nitrogens with one attached hydrogen (secondary N) is 1. The van der Waals surface area contributed by atoms with Crippen molar-refractivity contribution in [2.45, 2.75) is 6.92 Å². The predicted molar refractivity (Wildman–Crippen MR) is 93.3 cm³/mol. The van der Waals surface area contributed by atoms with E-state index in [2.05, 4.69) is 20.2 Å². The zero-order valence-electron chi connectivity index (χ0n) is 14.1. The normalized spacial score (nSPS) is 15.5. The molecule has 0 bridgehead atoms. The third-order valence-corrected chi connectivity index (χ3v) is 4.23. The molecule has 7 heteroatoms. The lowest BCUT2D eigenvalue weighted by molar-refractivity contribution is -0.117. The highest BCUT2D eigenvalue weighted by Crippen LogP contribution is 2.27. The van der Waals surface area contributed by atoms with Gasteiger partial charge in [-0.1, -0.05) is 12.1 Å². The average Bonchev–Trinajstić information content (AvgIpc) is 2.86. The Labute approximate surface area is 141 Å². The van der Waals surface area contributed by atoms with Crippen LogP contribution >= 0.6 is 0 Å². The van der Waals surface area contributed by atoms with E-state index in [9.17, 15) is 9.90 Å². The molecule has 0 aliphatic carbocycles. The first-order valence-corrected chi connectivity index (χ1v) is 8.09. The molecule has 128 valence electrons. The van der Waals surface area contributed by atoms with Crippen LogP contribution in [-0.2, 0) is 11.8 Å². The van der Waals surface area contributed by atoms with Crippen molar-refractivity contribution in [1.29, 1.82) is 0 Å². The van der Waals surface area contributed by atoms with E-state index in [0.717, 1.165) is 37.6 Å². The van der Waals surface area contributed by atoms with Crippen molar-refractivity contribution < 1.29 is 9.90 Å². The summed E-state index contributed by atoms with van der Waals surface area (Å²) in [4.78, 5) is 16.5. The first-order chi connectivity index (χ1) is 11.5. The standard InChI is InChI=1S/C17H23N5O2/c1-13-11-16(20(2)19-13)18-17(24)12-21-7-9-22(10-8-21)14-5-3-4-6-15(14)23/h3-6,11,23H,7-10,12H2,1-2H3,(H,18,24). The minimum absolute atomic E-state index is 0.0333. The van der Waals surface area contributed by atoms with E-state index in [1.54, 1.807) is 10.7 Å². The molecule has 2 heterocycles. The van der Waals surface area contributed by atoms with Gasteiger partial charge in [-0.2, -0.15) is 5.10 Å². The zero-order chi connectivity index (χ0) is 17.1. The van der Waals surface area contributed by atoms with E-state index in [4.69, 9.17) is 0 Å². The van der Waals surface area contributed by atoms with Gasteiger partial charge in [0.25, 0.3) is 0 Å². The molecule has 1 fully saturated rings. The van der Waals surface area contributed by atoms with Crippen LogP contribution in [0, 0.1) is 6.92 Å². The highest BCUT2D eigenvalue weighted by atomic mass is 16.3. The van der Waals surface area contributed by atoms with Crippen LogP contribution in [0.2, 0.25) is 0 Å². The number of aryl methyl sites for hydroxylation is 2. The summed E-state index contributed by atoms with van der Waals surface area (Å²) in [7, 11) is 1.81. The van der Waals surface area contributed by atoms with Gasteiger partial charge in [-0.3, -0.25) is 14.4 Å². The maximum atomic E-state index is 12.2. The molecule has 2 N–H and O–H groups in total. The molecule has 1 aliphatic rings. The summed E-state index contributed by atoms with van der Waals surface area (Å²) < 4.78 is 1.67. The number of carbonyl (C=O) groups excluding carboxylic acids is 1. The summed E-state index contributed by atoms with van der Waals surface area (Å²) in [5, 5.41) is 17.1. The fourth-order valence-corrected chi connectivity index (χ4v) is 2.99. The Balaban J connectivity index is 1.51. The van der Waals surface area contributed by atoms with E-state index in [1.807, 2.05) is 38.2 Å². The van der Waals surface area contributed by atoms with Gasteiger partial charge < -0.3 is 15.3 Å². The Bertz CT molecular complexity index is 720. The van der Waals surface area contributed by atoms with E-state index in [1.165, 1.54) is 0 Å². The first kappa shape index (κ1) is 16.3. The van der Waals surface area contributed by atoms with E-state index < -0.39 is 0 Å². The van der Waals surface area contributed by atoms with Crippen LogP contribution in [0.3, 0.4) is 0 Å². The van der Waals surface area contributed by atoms with Crippen LogP contribution in [0.4, 0.5) is 11.5 Å². The number of nitrogens with zero attached hydrogens (tertiary/aromatic N) is 4. The van der Waals surface area contributed by atoms with Gasteiger partial charge in [-0.05, 0) is 19.1 Å². The number of benzene rings is 1. The van der Waals surface area contributed by atoms with Gasteiger partial charge in [0.15, 0.2) is 0 Å². The Hall–Kier alpha value is -2.54. The predicted octanol–water partition coefficient (Wildman–Crippen LogP) is 1.19. The number of aromatic hydroxyl groups is 1. The van der Waals surface area contributed by atoms with Crippen LogP contribution in [0.25, 0.3) is 0 Å². The quantitative estimate of drug-likeness (QED) is 0.882. The second-order valence-electron chi connectivity index (χ2n) is 6.09. The van der Waals surface area contributed by atoms with Crippen molar-refractivity contribution in [2.75, 3.05) is 42.9 Å². The Morgan fingerprint density at radius 3 is 2.58 bits per heavy atom. The summed E-state index contributed by atoms with van der Waals surface area (Å²) in [5.41, 5.74) is 1.73. The highest BCUT2D eigenvalue weighted by molar-refractivity contribution is 5.91. The van der Waals surface area contributed by atoms with Gasteiger partial charge in [0.2, 0.25) is 5.91 Å². The lowest BCUT2D eigenvalue weighted by atomic mass is 10.2. The number of anilines is 2. The van der Waals surface area contributed by atoms with Gasteiger partial charge in [-0.15, -0.1) is 0 Å². The summed E-state index contributed by atoms with van der Waals surface area (Å²) in [5.74, 6) is 0.981. The molecule has 1 aromatic carbocycles. The molecule has 2 aromatic rings. The number of hydrogen-bond donors (Lipinski definition) is 2. The van der Waals surface area contributed by atoms with Crippen molar-refractivity contribution in [3.63, 3.8) is 0 Å². The van der Waals surface area contributed by atoms with E-state index in [-0.39, 0.29) is 5.91 Å². The number of rotatable bonds is 4. The van der Waals surface area contributed by atoms with E-state index in [0.29, 0.717) is 18.1 Å². The van der Waals surface area contributed by atoms with Gasteiger partial charge in [0.05, 0.1) is 17.9 Å².